The molecular formula is C17H14N4S. The van der Waals surface area contributed by atoms with E-state index in [0.29, 0.717) is 10.7 Å². The van der Waals surface area contributed by atoms with Crippen molar-refractivity contribution in [3.63, 3.8) is 0 Å². The normalized spacial score (nSPS) is 11.4. The standard InChI is InChI=1S/C17H14N4S/c1-12(14-7-4-5-11-18-14)20-21-17(22)16-10-9-13-6-2-3-8-15(13)19-16/h2-11H,1H3,(H,21,22)/b20-12+. The lowest BCUT2D eigenvalue weighted by molar-refractivity contribution is 1.03. The number of thiocarbonyl (C=S) groups is 1. The van der Waals surface area contributed by atoms with Crippen LogP contribution in [0.3, 0.4) is 0 Å². The van der Waals surface area contributed by atoms with Crippen molar-refractivity contribution >= 4 is 33.8 Å². The number of fused-ring (bicyclic) bond motifs is 1. The van der Waals surface area contributed by atoms with Gasteiger partial charge in [0.15, 0.2) is 0 Å². The fourth-order valence-corrected chi connectivity index (χ4v) is 2.18. The van der Waals surface area contributed by atoms with E-state index < -0.39 is 0 Å². The molecule has 0 saturated heterocycles. The average Bonchev–Trinajstić information content (AvgIpc) is 2.59. The Kier molecular flexibility index (Phi) is 4.16. The summed E-state index contributed by atoms with van der Waals surface area (Å²) in [4.78, 5) is 9.26. The highest BCUT2D eigenvalue weighted by Crippen LogP contribution is 2.12. The number of hydrogen-bond donors (Lipinski definition) is 1. The molecule has 0 aliphatic carbocycles. The van der Waals surface area contributed by atoms with Crippen LogP contribution in [-0.4, -0.2) is 20.7 Å². The molecule has 0 bridgehead atoms. The van der Waals surface area contributed by atoms with Crippen LogP contribution in [-0.2, 0) is 0 Å². The summed E-state index contributed by atoms with van der Waals surface area (Å²) in [6.07, 6.45) is 1.73. The van der Waals surface area contributed by atoms with Gasteiger partial charge in [0.25, 0.3) is 0 Å². The molecule has 0 aliphatic rings. The lowest BCUT2D eigenvalue weighted by atomic mass is 10.2. The first-order valence-electron chi connectivity index (χ1n) is 6.86. The van der Waals surface area contributed by atoms with Crippen LogP contribution in [0.5, 0.6) is 0 Å². The highest BCUT2D eigenvalue weighted by atomic mass is 32.1. The molecule has 0 saturated carbocycles. The van der Waals surface area contributed by atoms with Crippen molar-refractivity contribution < 1.29 is 0 Å². The Labute approximate surface area is 133 Å². The van der Waals surface area contributed by atoms with Crippen LogP contribution < -0.4 is 5.43 Å². The first-order valence-corrected chi connectivity index (χ1v) is 7.27. The van der Waals surface area contributed by atoms with Crippen molar-refractivity contribution in [2.45, 2.75) is 6.92 Å². The third-order valence-corrected chi connectivity index (χ3v) is 3.49. The van der Waals surface area contributed by atoms with Crippen LogP contribution in [0, 0.1) is 0 Å². The lowest BCUT2D eigenvalue weighted by Crippen LogP contribution is -2.19. The van der Waals surface area contributed by atoms with Crippen molar-refractivity contribution in [3.05, 3.63) is 72.2 Å². The fourth-order valence-electron chi connectivity index (χ4n) is 2.02. The van der Waals surface area contributed by atoms with Crippen molar-refractivity contribution in [2.75, 3.05) is 0 Å². The number of nitrogens with zero attached hydrogens (tertiary/aromatic N) is 3. The molecule has 3 aromatic rings. The predicted molar refractivity (Wildman–Crippen MR) is 93.0 cm³/mol. The Morgan fingerprint density at radius 3 is 2.64 bits per heavy atom. The minimum Gasteiger partial charge on any atom is -0.266 e. The maximum absolute atomic E-state index is 5.35. The quantitative estimate of drug-likeness (QED) is 0.458. The van der Waals surface area contributed by atoms with Gasteiger partial charge in [0.2, 0.25) is 0 Å². The summed E-state index contributed by atoms with van der Waals surface area (Å²) < 4.78 is 0. The van der Waals surface area contributed by atoms with Gasteiger partial charge in [-0.05, 0) is 31.2 Å². The number of pyridine rings is 2. The van der Waals surface area contributed by atoms with Crippen LogP contribution >= 0.6 is 12.2 Å². The topological polar surface area (TPSA) is 50.2 Å². The van der Waals surface area contributed by atoms with E-state index in [1.54, 1.807) is 6.20 Å². The van der Waals surface area contributed by atoms with Crippen LogP contribution in [0.2, 0.25) is 0 Å². The third-order valence-electron chi connectivity index (χ3n) is 3.19. The van der Waals surface area contributed by atoms with E-state index in [-0.39, 0.29) is 0 Å². The van der Waals surface area contributed by atoms with Crippen LogP contribution in [0.4, 0.5) is 0 Å². The molecule has 4 nitrogen and oxygen atoms in total. The molecule has 0 aliphatic heterocycles. The van der Waals surface area contributed by atoms with E-state index in [1.807, 2.05) is 61.5 Å². The van der Waals surface area contributed by atoms with Gasteiger partial charge in [-0.15, -0.1) is 0 Å². The molecule has 2 aromatic heterocycles. The van der Waals surface area contributed by atoms with Crippen LogP contribution in [0.1, 0.15) is 18.3 Å². The summed E-state index contributed by atoms with van der Waals surface area (Å²) in [6, 6.07) is 17.5. The molecule has 5 heteroatoms. The van der Waals surface area contributed by atoms with Gasteiger partial charge in [0.1, 0.15) is 4.99 Å². The molecule has 0 atom stereocenters. The molecular weight excluding hydrogens is 292 g/mol. The van der Waals surface area contributed by atoms with Gasteiger partial charge in [0.05, 0.1) is 22.6 Å². The van der Waals surface area contributed by atoms with Gasteiger partial charge in [-0.25, -0.2) is 4.98 Å². The number of benzene rings is 1. The Balaban J connectivity index is 1.78. The highest BCUT2D eigenvalue weighted by Gasteiger charge is 2.04. The van der Waals surface area contributed by atoms with Crippen molar-refractivity contribution in [3.8, 4) is 0 Å². The minimum atomic E-state index is 0.487. The SMILES string of the molecule is C/C(=N\NC(=S)c1ccc2ccccc2n1)c1ccccn1. The van der Waals surface area contributed by atoms with Crippen molar-refractivity contribution in [2.24, 2.45) is 5.10 Å². The van der Waals surface area contributed by atoms with Gasteiger partial charge in [-0.2, -0.15) is 5.10 Å². The van der Waals surface area contributed by atoms with Gasteiger partial charge >= 0.3 is 0 Å². The van der Waals surface area contributed by atoms with E-state index in [9.17, 15) is 0 Å². The first-order chi connectivity index (χ1) is 10.7. The predicted octanol–water partition coefficient (Wildman–Crippen LogP) is 3.32. The second-order valence-electron chi connectivity index (χ2n) is 4.74. The molecule has 3 rings (SSSR count). The smallest absolute Gasteiger partial charge is 0.145 e. The Bertz CT molecular complexity index is 843. The van der Waals surface area contributed by atoms with Gasteiger partial charge in [-0.1, -0.05) is 42.5 Å². The largest absolute Gasteiger partial charge is 0.266 e. The van der Waals surface area contributed by atoms with Crippen LogP contribution in [0.15, 0.2) is 65.9 Å². The van der Waals surface area contributed by atoms with Crippen molar-refractivity contribution in [1.29, 1.82) is 0 Å². The monoisotopic (exact) mass is 306 g/mol. The van der Waals surface area contributed by atoms with E-state index in [4.69, 9.17) is 12.2 Å². The zero-order valence-electron chi connectivity index (χ0n) is 12.0. The molecule has 108 valence electrons. The molecule has 0 radical (unpaired) electrons. The zero-order valence-corrected chi connectivity index (χ0v) is 12.8. The summed E-state index contributed by atoms with van der Waals surface area (Å²) in [5, 5.41) is 5.36. The number of para-hydroxylation sites is 1. The highest BCUT2D eigenvalue weighted by molar-refractivity contribution is 7.80. The molecule has 2 heterocycles. The number of hydrogen-bond acceptors (Lipinski definition) is 4. The van der Waals surface area contributed by atoms with Gasteiger partial charge in [0, 0.05) is 11.6 Å². The minimum absolute atomic E-state index is 0.487. The molecule has 22 heavy (non-hydrogen) atoms. The summed E-state index contributed by atoms with van der Waals surface area (Å²) in [6.45, 7) is 1.88. The maximum Gasteiger partial charge on any atom is 0.145 e. The fraction of sp³-hybridized carbons (Fsp3) is 0.0588. The molecule has 0 spiro atoms. The zero-order chi connectivity index (χ0) is 15.4. The number of hydrazone groups is 1. The third kappa shape index (κ3) is 3.15. The summed E-state index contributed by atoms with van der Waals surface area (Å²) in [5.74, 6) is 0. The summed E-state index contributed by atoms with van der Waals surface area (Å²) in [7, 11) is 0. The van der Waals surface area contributed by atoms with E-state index >= 15 is 0 Å². The summed E-state index contributed by atoms with van der Waals surface area (Å²) in [5.41, 5.74) is 6.07. The second-order valence-corrected chi connectivity index (χ2v) is 5.15. The van der Waals surface area contributed by atoms with Crippen LogP contribution in [0.25, 0.3) is 10.9 Å². The maximum atomic E-state index is 5.35. The molecule has 0 amide bonds. The number of aromatic nitrogens is 2. The van der Waals surface area contributed by atoms with E-state index in [0.717, 1.165) is 22.3 Å². The van der Waals surface area contributed by atoms with E-state index in [1.165, 1.54) is 0 Å². The molecule has 1 aromatic carbocycles. The van der Waals surface area contributed by atoms with Gasteiger partial charge < -0.3 is 0 Å². The number of rotatable bonds is 3. The Morgan fingerprint density at radius 2 is 1.82 bits per heavy atom. The van der Waals surface area contributed by atoms with Gasteiger partial charge in [-0.3, -0.25) is 10.4 Å². The average molecular weight is 306 g/mol. The molecule has 0 fully saturated rings. The Hall–Kier alpha value is -2.66. The molecule has 1 N–H and O–H groups in total. The van der Waals surface area contributed by atoms with E-state index in [2.05, 4.69) is 20.5 Å². The first kappa shape index (κ1) is 14.3. The number of nitrogens with one attached hydrogen (secondary N) is 1. The second kappa shape index (κ2) is 6.41. The summed E-state index contributed by atoms with van der Waals surface area (Å²) >= 11 is 5.35. The molecule has 0 unspecified atom stereocenters. The lowest BCUT2D eigenvalue weighted by Gasteiger charge is -2.05. The van der Waals surface area contributed by atoms with Crippen molar-refractivity contribution in [1.82, 2.24) is 15.4 Å². The Morgan fingerprint density at radius 1 is 1.00 bits per heavy atom.